The summed E-state index contributed by atoms with van der Waals surface area (Å²) in [5.74, 6) is 0.160. The summed E-state index contributed by atoms with van der Waals surface area (Å²) in [5.41, 5.74) is -1.01. The van der Waals surface area contributed by atoms with Crippen molar-refractivity contribution in [3.63, 3.8) is 0 Å². The average molecular weight is 281 g/mol. The molecule has 0 bridgehead atoms. The number of aliphatic hydroxyl groups excluding tert-OH is 1. The minimum absolute atomic E-state index is 0.100. The number of amides is 1. The monoisotopic (exact) mass is 281 g/mol. The molecule has 1 aromatic rings. The number of carbonyl (C=O) groups is 1. The van der Waals surface area contributed by atoms with Crippen molar-refractivity contribution in [2.45, 2.75) is 25.9 Å². The highest BCUT2D eigenvalue weighted by molar-refractivity contribution is 5.85. The molecule has 110 valence electrons. The van der Waals surface area contributed by atoms with Gasteiger partial charge in [-0.1, -0.05) is 0 Å². The van der Waals surface area contributed by atoms with Crippen LogP contribution in [0.5, 0.6) is 5.75 Å². The van der Waals surface area contributed by atoms with Crippen molar-refractivity contribution < 1.29 is 19.0 Å². The number of ether oxygens (including phenoxy) is 1. The van der Waals surface area contributed by atoms with Crippen molar-refractivity contribution in [1.82, 2.24) is 4.90 Å². The van der Waals surface area contributed by atoms with Crippen LogP contribution in [0.2, 0.25) is 0 Å². The number of hydrogen-bond acceptors (Lipinski definition) is 3. The summed E-state index contributed by atoms with van der Waals surface area (Å²) >= 11 is 0. The highest BCUT2D eigenvalue weighted by Gasteiger charge is 2.37. The Morgan fingerprint density at radius 3 is 2.65 bits per heavy atom. The van der Waals surface area contributed by atoms with Crippen LogP contribution < -0.4 is 4.74 Å². The molecule has 20 heavy (non-hydrogen) atoms. The minimum atomic E-state index is -1.01. The first-order chi connectivity index (χ1) is 9.42. The second-order valence-electron chi connectivity index (χ2n) is 5.65. The van der Waals surface area contributed by atoms with Crippen molar-refractivity contribution in [2.24, 2.45) is 5.92 Å². The largest absolute Gasteiger partial charge is 0.478 e. The third-order valence-electron chi connectivity index (χ3n) is 3.53. The van der Waals surface area contributed by atoms with Crippen molar-refractivity contribution in [3.8, 4) is 5.75 Å². The van der Waals surface area contributed by atoms with E-state index in [0.717, 1.165) is 6.42 Å². The highest BCUT2D eigenvalue weighted by atomic mass is 19.1. The van der Waals surface area contributed by atoms with Gasteiger partial charge in [0.05, 0.1) is 0 Å². The minimum Gasteiger partial charge on any atom is -0.478 e. The second-order valence-corrected chi connectivity index (χ2v) is 5.65. The average Bonchev–Trinajstić information content (AvgIpc) is 2.89. The molecule has 1 amide bonds. The summed E-state index contributed by atoms with van der Waals surface area (Å²) in [4.78, 5) is 14.2. The maximum absolute atomic E-state index is 12.9. The van der Waals surface area contributed by atoms with Crippen LogP contribution >= 0.6 is 0 Å². The predicted molar refractivity (Wildman–Crippen MR) is 72.9 cm³/mol. The smallest absolute Gasteiger partial charge is 0.266 e. The first-order valence-electron chi connectivity index (χ1n) is 6.77. The van der Waals surface area contributed by atoms with Gasteiger partial charge in [0.25, 0.3) is 5.91 Å². The summed E-state index contributed by atoms with van der Waals surface area (Å²) in [6, 6.07) is 5.61. The summed E-state index contributed by atoms with van der Waals surface area (Å²) < 4.78 is 18.5. The van der Waals surface area contributed by atoms with E-state index in [1.54, 1.807) is 18.7 Å². The van der Waals surface area contributed by atoms with E-state index >= 15 is 0 Å². The number of likely N-dealkylation sites (tertiary alicyclic amines) is 1. The Morgan fingerprint density at radius 1 is 1.45 bits per heavy atom. The van der Waals surface area contributed by atoms with E-state index in [1.165, 1.54) is 24.3 Å². The van der Waals surface area contributed by atoms with Crippen LogP contribution in [-0.4, -0.2) is 41.2 Å². The molecule has 1 fully saturated rings. The molecular formula is C15H20FNO3. The van der Waals surface area contributed by atoms with Crippen molar-refractivity contribution >= 4 is 5.91 Å². The van der Waals surface area contributed by atoms with Gasteiger partial charge in [-0.05, 0) is 44.5 Å². The van der Waals surface area contributed by atoms with Crippen LogP contribution in [0.3, 0.4) is 0 Å². The SMILES string of the molecule is CC(C)(Oc1ccc(F)cc1)C(=O)N1CCC(CO)C1. The molecule has 1 aliphatic heterocycles. The van der Waals surface area contributed by atoms with Crippen molar-refractivity contribution in [1.29, 1.82) is 0 Å². The first-order valence-corrected chi connectivity index (χ1v) is 6.77. The van der Waals surface area contributed by atoms with Gasteiger partial charge < -0.3 is 14.7 Å². The van der Waals surface area contributed by atoms with Crippen molar-refractivity contribution in [2.75, 3.05) is 19.7 Å². The lowest BCUT2D eigenvalue weighted by Crippen LogP contribution is -2.48. The lowest BCUT2D eigenvalue weighted by atomic mass is 10.1. The third kappa shape index (κ3) is 3.28. The number of carbonyl (C=O) groups excluding carboxylic acids is 1. The van der Waals surface area contributed by atoms with Crippen LogP contribution in [0, 0.1) is 11.7 Å². The Balaban J connectivity index is 2.02. The lowest BCUT2D eigenvalue weighted by Gasteiger charge is -2.30. The fourth-order valence-corrected chi connectivity index (χ4v) is 2.39. The van der Waals surface area contributed by atoms with Gasteiger partial charge in [-0.25, -0.2) is 4.39 Å². The van der Waals surface area contributed by atoms with E-state index in [2.05, 4.69) is 0 Å². The predicted octanol–water partition coefficient (Wildman–Crippen LogP) is 1.82. The molecule has 1 unspecified atom stereocenters. The molecule has 1 aliphatic rings. The van der Waals surface area contributed by atoms with Gasteiger partial charge >= 0.3 is 0 Å². The maximum atomic E-state index is 12.9. The maximum Gasteiger partial charge on any atom is 0.266 e. The van der Waals surface area contributed by atoms with Gasteiger partial charge in [-0.2, -0.15) is 0 Å². The first kappa shape index (κ1) is 14.8. The Labute approximate surface area is 118 Å². The Bertz CT molecular complexity index is 473. The lowest BCUT2D eigenvalue weighted by molar-refractivity contribution is -0.144. The molecule has 2 rings (SSSR count). The molecule has 4 nitrogen and oxygen atoms in total. The van der Waals surface area contributed by atoms with Crippen LogP contribution in [0.15, 0.2) is 24.3 Å². The van der Waals surface area contributed by atoms with Crippen LogP contribution in [0.25, 0.3) is 0 Å². The molecule has 0 aliphatic carbocycles. The molecular weight excluding hydrogens is 261 g/mol. The normalized spacial score (nSPS) is 19.2. The molecule has 1 saturated heterocycles. The topological polar surface area (TPSA) is 49.8 Å². The molecule has 0 spiro atoms. The van der Waals surface area contributed by atoms with Crippen LogP contribution in [0.4, 0.5) is 4.39 Å². The van der Waals surface area contributed by atoms with Gasteiger partial charge in [0.1, 0.15) is 11.6 Å². The van der Waals surface area contributed by atoms with Crippen LogP contribution in [-0.2, 0) is 4.79 Å². The summed E-state index contributed by atoms with van der Waals surface area (Å²) in [5, 5.41) is 9.12. The van der Waals surface area contributed by atoms with E-state index in [9.17, 15) is 9.18 Å². The van der Waals surface area contributed by atoms with E-state index in [0.29, 0.717) is 18.8 Å². The number of hydrogen-bond donors (Lipinski definition) is 1. The quantitative estimate of drug-likeness (QED) is 0.916. The Hall–Kier alpha value is -1.62. The Kier molecular flexibility index (Phi) is 4.28. The van der Waals surface area contributed by atoms with Gasteiger partial charge in [0.15, 0.2) is 5.60 Å². The van der Waals surface area contributed by atoms with Gasteiger partial charge in [0.2, 0.25) is 0 Å². The van der Waals surface area contributed by atoms with E-state index in [-0.39, 0.29) is 24.2 Å². The molecule has 1 aromatic carbocycles. The highest BCUT2D eigenvalue weighted by Crippen LogP contribution is 2.24. The standard InChI is InChI=1S/C15H20FNO3/c1-15(2,20-13-5-3-12(16)4-6-13)14(19)17-8-7-11(9-17)10-18/h3-6,11,18H,7-10H2,1-2H3. The molecule has 0 saturated carbocycles. The van der Waals surface area contributed by atoms with E-state index in [4.69, 9.17) is 9.84 Å². The van der Waals surface area contributed by atoms with Crippen LogP contribution in [0.1, 0.15) is 20.3 Å². The fourth-order valence-electron chi connectivity index (χ4n) is 2.39. The zero-order valence-electron chi connectivity index (χ0n) is 11.8. The summed E-state index contributed by atoms with van der Waals surface area (Å²) in [6.07, 6.45) is 0.814. The third-order valence-corrected chi connectivity index (χ3v) is 3.53. The number of rotatable bonds is 4. The number of nitrogens with zero attached hydrogens (tertiary/aromatic N) is 1. The molecule has 0 aromatic heterocycles. The molecule has 1 N–H and O–H groups in total. The molecule has 1 atom stereocenters. The van der Waals surface area contributed by atoms with Gasteiger partial charge in [-0.3, -0.25) is 4.79 Å². The van der Waals surface area contributed by atoms with E-state index < -0.39 is 5.60 Å². The summed E-state index contributed by atoms with van der Waals surface area (Å²) in [6.45, 7) is 4.70. The fraction of sp³-hybridized carbons (Fsp3) is 0.533. The van der Waals surface area contributed by atoms with E-state index in [1.807, 2.05) is 0 Å². The Morgan fingerprint density at radius 2 is 2.10 bits per heavy atom. The number of halogens is 1. The molecule has 1 heterocycles. The second kappa shape index (κ2) is 5.79. The molecule has 5 heteroatoms. The van der Waals surface area contributed by atoms with Gasteiger partial charge in [-0.15, -0.1) is 0 Å². The van der Waals surface area contributed by atoms with Crippen molar-refractivity contribution in [3.05, 3.63) is 30.1 Å². The zero-order chi connectivity index (χ0) is 14.8. The zero-order valence-corrected chi connectivity index (χ0v) is 11.8. The number of aliphatic hydroxyl groups is 1. The molecule has 0 radical (unpaired) electrons. The summed E-state index contributed by atoms with van der Waals surface area (Å²) in [7, 11) is 0. The number of benzene rings is 1. The van der Waals surface area contributed by atoms with Gasteiger partial charge in [0, 0.05) is 25.6 Å².